The summed E-state index contributed by atoms with van der Waals surface area (Å²) in [4.78, 5) is 24.9. The van der Waals surface area contributed by atoms with E-state index < -0.39 is 5.60 Å². The second-order valence-corrected chi connectivity index (χ2v) is 5.76. The number of morpholine rings is 1. The molecule has 1 rings (SSSR count). The fourth-order valence-electron chi connectivity index (χ4n) is 1.90. The van der Waals surface area contributed by atoms with Crippen LogP contribution in [0, 0.1) is 0 Å². The average molecular weight is 287 g/mol. The van der Waals surface area contributed by atoms with Crippen LogP contribution in [0.5, 0.6) is 0 Å². The normalized spacial score (nSPS) is 19.6. The van der Waals surface area contributed by atoms with Gasteiger partial charge in [0.1, 0.15) is 5.60 Å². The molecule has 1 heterocycles. The average Bonchev–Trinajstić information content (AvgIpc) is 2.35. The fraction of sp³-hybridized carbons (Fsp3) is 0.857. The Bertz CT molecular complexity index is 337. The van der Waals surface area contributed by atoms with Gasteiger partial charge in [0.05, 0.1) is 25.9 Å². The molecule has 0 unspecified atom stereocenters. The van der Waals surface area contributed by atoms with Crippen molar-refractivity contribution in [1.29, 1.82) is 0 Å². The Morgan fingerprint density at radius 2 is 2.05 bits per heavy atom. The molecule has 1 saturated heterocycles. The number of nitrogens with zero attached hydrogens (tertiary/aromatic N) is 1. The first kappa shape index (κ1) is 16.8. The number of rotatable bonds is 4. The number of carbonyl (C=O) groups excluding carboxylic acids is 2. The predicted octanol–water partition coefficient (Wildman–Crippen LogP) is 1.97. The molecule has 0 spiro atoms. The molecule has 1 aliphatic rings. The van der Waals surface area contributed by atoms with E-state index in [4.69, 9.17) is 14.2 Å². The molecule has 0 radical (unpaired) electrons. The number of hydrogen-bond donors (Lipinski definition) is 0. The van der Waals surface area contributed by atoms with Gasteiger partial charge in [0.25, 0.3) is 0 Å². The van der Waals surface area contributed by atoms with Gasteiger partial charge in [0, 0.05) is 13.0 Å². The molecule has 6 heteroatoms. The lowest BCUT2D eigenvalue weighted by Gasteiger charge is -2.34. The summed E-state index contributed by atoms with van der Waals surface area (Å²) in [7, 11) is 0. The van der Waals surface area contributed by atoms with Crippen LogP contribution in [0.15, 0.2) is 0 Å². The van der Waals surface area contributed by atoms with Crippen LogP contribution in [0.3, 0.4) is 0 Å². The number of ether oxygens (including phenoxy) is 3. The summed E-state index contributed by atoms with van der Waals surface area (Å²) in [5.74, 6) is -0.231. The van der Waals surface area contributed by atoms with Crippen LogP contribution in [0.4, 0.5) is 4.79 Å². The standard InChI is InChI=1S/C14H25NO5/c1-5-18-12(16)7-6-11-10-15(8-9-19-11)13(17)20-14(2,3)4/h11H,5-10H2,1-4H3/t11-/m0/s1. The van der Waals surface area contributed by atoms with Gasteiger partial charge in [-0.15, -0.1) is 0 Å². The molecule has 116 valence electrons. The summed E-state index contributed by atoms with van der Waals surface area (Å²) in [6, 6.07) is 0. The van der Waals surface area contributed by atoms with E-state index in [0.29, 0.717) is 39.1 Å². The largest absolute Gasteiger partial charge is 0.466 e. The molecule has 0 aromatic carbocycles. The first-order valence-electron chi connectivity index (χ1n) is 7.07. The highest BCUT2D eigenvalue weighted by Crippen LogP contribution is 2.15. The third-order valence-corrected chi connectivity index (χ3v) is 2.77. The molecule has 0 aliphatic carbocycles. The summed E-state index contributed by atoms with van der Waals surface area (Å²) in [6.07, 6.45) is 0.390. The van der Waals surface area contributed by atoms with E-state index in [2.05, 4.69) is 0 Å². The van der Waals surface area contributed by atoms with Crippen LogP contribution in [-0.4, -0.2) is 55.0 Å². The van der Waals surface area contributed by atoms with Gasteiger partial charge in [-0.2, -0.15) is 0 Å². The maximum absolute atomic E-state index is 12.0. The van der Waals surface area contributed by atoms with Crippen molar-refractivity contribution in [2.24, 2.45) is 0 Å². The van der Waals surface area contributed by atoms with Crippen molar-refractivity contribution in [3.05, 3.63) is 0 Å². The van der Waals surface area contributed by atoms with Crippen molar-refractivity contribution < 1.29 is 23.8 Å². The molecule has 0 saturated carbocycles. The van der Waals surface area contributed by atoms with Gasteiger partial charge < -0.3 is 19.1 Å². The SMILES string of the molecule is CCOC(=O)CC[C@H]1CN(C(=O)OC(C)(C)C)CCO1. The molecule has 0 bridgehead atoms. The van der Waals surface area contributed by atoms with E-state index in [9.17, 15) is 9.59 Å². The van der Waals surface area contributed by atoms with E-state index in [-0.39, 0.29) is 18.2 Å². The highest BCUT2D eigenvalue weighted by atomic mass is 16.6. The van der Waals surface area contributed by atoms with Crippen LogP contribution in [0.2, 0.25) is 0 Å². The lowest BCUT2D eigenvalue weighted by Crippen LogP contribution is -2.47. The minimum atomic E-state index is -0.504. The minimum Gasteiger partial charge on any atom is -0.466 e. The molecular weight excluding hydrogens is 262 g/mol. The molecular formula is C14H25NO5. The van der Waals surface area contributed by atoms with Crippen molar-refractivity contribution >= 4 is 12.1 Å². The molecule has 1 fully saturated rings. The maximum Gasteiger partial charge on any atom is 0.410 e. The Morgan fingerprint density at radius 3 is 2.65 bits per heavy atom. The molecule has 1 amide bonds. The van der Waals surface area contributed by atoms with Crippen molar-refractivity contribution in [1.82, 2.24) is 4.90 Å². The third kappa shape index (κ3) is 6.23. The smallest absolute Gasteiger partial charge is 0.410 e. The fourth-order valence-corrected chi connectivity index (χ4v) is 1.90. The van der Waals surface area contributed by atoms with E-state index in [1.54, 1.807) is 11.8 Å². The molecule has 1 aliphatic heterocycles. The number of carbonyl (C=O) groups is 2. The van der Waals surface area contributed by atoms with Crippen LogP contribution in [0.1, 0.15) is 40.5 Å². The zero-order valence-electron chi connectivity index (χ0n) is 12.8. The molecule has 1 atom stereocenters. The summed E-state index contributed by atoms with van der Waals surface area (Å²) in [5.41, 5.74) is -0.504. The number of hydrogen-bond acceptors (Lipinski definition) is 5. The Balaban J connectivity index is 2.38. The van der Waals surface area contributed by atoms with Crippen molar-refractivity contribution in [2.45, 2.75) is 52.2 Å². The van der Waals surface area contributed by atoms with E-state index >= 15 is 0 Å². The second-order valence-electron chi connectivity index (χ2n) is 5.76. The Labute approximate surface area is 120 Å². The van der Waals surface area contributed by atoms with Crippen molar-refractivity contribution in [3.8, 4) is 0 Å². The molecule has 0 N–H and O–H groups in total. The van der Waals surface area contributed by atoms with Crippen LogP contribution >= 0.6 is 0 Å². The summed E-state index contributed by atoms with van der Waals surface area (Å²) >= 11 is 0. The predicted molar refractivity (Wildman–Crippen MR) is 73.4 cm³/mol. The number of esters is 1. The van der Waals surface area contributed by atoms with Gasteiger partial charge in [-0.05, 0) is 34.1 Å². The summed E-state index contributed by atoms with van der Waals surface area (Å²) < 4.78 is 15.8. The Hall–Kier alpha value is -1.30. The van der Waals surface area contributed by atoms with Gasteiger partial charge in [0.2, 0.25) is 0 Å². The monoisotopic (exact) mass is 287 g/mol. The van der Waals surface area contributed by atoms with Crippen LogP contribution < -0.4 is 0 Å². The first-order valence-corrected chi connectivity index (χ1v) is 7.07. The highest BCUT2D eigenvalue weighted by molar-refractivity contribution is 5.69. The molecule has 0 aromatic heterocycles. The van der Waals surface area contributed by atoms with Gasteiger partial charge in [-0.1, -0.05) is 0 Å². The van der Waals surface area contributed by atoms with E-state index in [1.807, 2.05) is 20.8 Å². The van der Waals surface area contributed by atoms with Gasteiger partial charge >= 0.3 is 12.1 Å². The Morgan fingerprint density at radius 1 is 1.35 bits per heavy atom. The first-order chi connectivity index (χ1) is 9.31. The van der Waals surface area contributed by atoms with Crippen LogP contribution in [-0.2, 0) is 19.0 Å². The zero-order chi connectivity index (χ0) is 15.2. The maximum atomic E-state index is 12.0. The van der Waals surface area contributed by atoms with Crippen molar-refractivity contribution in [2.75, 3.05) is 26.3 Å². The third-order valence-electron chi connectivity index (χ3n) is 2.77. The summed E-state index contributed by atoms with van der Waals surface area (Å²) in [5, 5.41) is 0. The van der Waals surface area contributed by atoms with Crippen molar-refractivity contribution in [3.63, 3.8) is 0 Å². The van der Waals surface area contributed by atoms with E-state index in [0.717, 1.165) is 0 Å². The quantitative estimate of drug-likeness (QED) is 0.740. The molecule has 6 nitrogen and oxygen atoms in total. The van der Waals surface area contributed by atoms with E-state index in [1.165, 1.54) is 0 Å². The lowest BCUT2D eigenvalue weighted by atomic mass is 10.1. The van der Waals surface area contributed by atoms with Gasteiger partial charge in [-0.3, -0.25) is 4.79 Å². The Kier molecular flexibility index (Phi) is 6.26. The van der Waals surface area contributed by atoms with Gasteiger partial charge in [0.15, 0.2) is 0 Å². The topological polar surface area (TPSA) is 65.1 Å². The van der Waals surface area contributed by atoms with Gasteiger partial charge in [-0.25, -0.2) is 4.79 Å². The lowest BCUT2D eigenvalue weighted by molar-refractivity contribution is -0.144. The second kappa shape index (κ2) is 7.47. The molecule has 20 heavy (non-hydrogen) atoms. The minimum absolute atomic E-state index is 0.138. The molecule has 0 aromatic rings. The van der Waals surface area contributed by atoms with Crippen LogP contribution in [0.25, 0.3) is 0 Å². The number of amides is 1. The summed E-state index contributed by atoms with van der Waals surface area (Å²) in [6.45, 7) is 9.11. The highest BCUT2D eigenvalue weighted by Gasteiger charge is 2.28. The zero-order valence-corrected chi connectivity index (χ0v) is 12.8.